The Morgan fingerprint density at radius 3 is 2.33 bits per heavy atom. The molecule has 0 saturated heterocycles. The first-order valence-electron chi connectivity index (χ1n) is 4.18. The molecule has 1 aliphatic carbocycles. The molecule has 4 nitrogen and oxygen atoms in total. The van der Waals surface area contributed by atoms with Crippen molar-refractivity contribution in [1.82, 2.24) is 5.32 Å². The highest BCUT2D eigenvalue weighted by Crippen LogP contribution is 2.34. The van der Waals surface area contributed by atoms with Crippen LogP contribution in [0.2, 0.25) is 0 Å². The van der Waals surface area contributed by atoms with E-state index in [1.165, 1.54) is 0 Å². The lowest BCUT2D eigenvalue weighted by Gasteiger charge is -2.18. The molecule has 1 aliphatic rings. The molecule has 0 aromatic heterocycles. The minimum absolute atomic E-state index is 0.0324. The second-order valence-corrected chi connectivity index (χ2v) is 3.22. The predicted molar refractivity (Wildman–Crippen MR) is 44.9 cm³/mol. The normalized spacial score (nSPS) is 20.0. The molecule has 2 N–H and O–H groups in total. The largest absolute Gasteiger partial charge is 0.394 e. The van der Waals surface area contributed by atoms with Crippen molar-refractivity contribution in [2.75, 3.05) is 27.4 Å². The summed E-state index contributed by atoms with van der Waals surface area (Å²) in [6.07, 6.45) is 1.88. The zero-order valence-electron chi connectivity index (χ0n) is 7.67. The summed E-state index contributed by atoms with van der Waals surface area (Å²) in [5, 5.41) is 12.2. The van der Waals surface area contributed by atoms with E-state index in [1.807, 2.05) is 0 Å². The molecule has 1 fully saturated rings. The van der Waals surface area contributed by atoms with E-state index in [9.17, 15) is 0 Å². The number of methoxy groups -OCH3 is 2. The van der Waals surface area contributed by atoms with Crippen molar-refractivity contribution < 1.29 is 14.6 Å². The molecule has 72 valence electrons. The highest BCUT2D eigenvalue weighted by Gasteiger charge is 2.41. The van der Waals surface area contributed by atoms with Crippen LogP contribution in [0.15, 0.2) is 0 Å². The average molecular weight is 175 g/mol. The van der Waals surface area contributed by atoms with Crippen LogP contribution in [-0.4, -0.2) is 44.3 Å². The van der Waals surface area contributed by atoms with E-state index in [0.29, 0.717) is 6.54 Å². The van der Waals surface area contributed by atoms with Crippen molar-refractivity contribution in [2.45, 2.75) is 24.7 Å². The third kappa shape index (κ3) is 2.42. The van der Waals surface area contributed by atoms with E-state index < -0.39 is 0 Å². The zero-order chi connectivity index (χ0) is 9.03. The number of rotatable bonds is 6. The molecule has 0 aromatic carbocycles. The lowest BCUT2D eigenvalue weighted by molar-refractivity contribution is -0.101. The van der Waals surface area contributed by atoms with Crippen LogP contribution in [0.5, 0.6) is 0 Å². The number of hydrogen-bond acceptors (Lipinski definition) is 4. The lowest BCUT2D eigenvalue weighted by atomic mass is 10.3. The monoisotopic (exact) mass is 175 g/mol. The van der Waals surface area contributed by atoms with Crippen LogP contribution in [0, 0.1) is 0 Å². The molecule has 0 amide bonds. The predicted octanol–water partition coefficient (Wildman–Crippen LogP) is -0.280. The maximum absolute atomic E-state index is 8.97. The molecule has 0 heterocycles. The van der Waals surface area contributed by atoms with Crippen LogP contribution < -0.4 is 5.32 Å². The second-order valence-electron chi connectivity index (χ2n) is 3.22. The number of hydrogen-bond donors (Lipinski definition) is 2. The summed E-state index contributed by atoms with van der Waals surface area (Å²) < 4.78 is 10.0. The summed E-state index contributed by atoms with van der Waals surface area (Å²) in [4.78, 5) is 0. The van der Waals surface area contributed by atoms with Gasteiger partial charge in [0.05, 0.1) is 6.61 Å². The van der Waals surface area contributed by atoms with Crippen molar-refractivity contribution in [2.24, 2.45) is 0 Å². The van der Waals surface area contributed by atoms with E-state index in [4.69, 9.17) is 14.6 Å². The number of ether oxygens (including phenoxy) is 2. The van der Waals surface area contributed by atoms with Gasteiger partial charge in [-0.2, -0.15) is 0 Å². The van der Waals surface area contributed by atoms with E-state index in [1.54, 1.807) is 14.2 Å². The van der Waals surface area contributed by atoms with E-state index in [0.717, 1.165) is 12.8 Å². The summed E-state index contributed by atoms with van der Waals surface area (Å²) in [6, 6.07) is 0. The van der Waals surface area contributed by atoms with Crippen LogP contribution in [0.4, 0.5) is 0 Å². The molecule has 0 bridgehead atoms. The fourth-order valence-corrected chi connectivity index (χ4v) is 1.10. The van der Waals surface area contributed by atoms with Gasteiger partial charge in [0.25, 0.3) is 0 Å². The van der Waals surface area contributed by atoms with E-state index in [2.05, 4.69) is 5.32 Å². The molecule has 1 rings (SSSR count). The number of aliphatic hydroxyl groups is 1. The molecule has 0 unspecified atom stereocenters. The number of nitrogens with one attached hydrogen (secondary N) is 1. The van der Waals surface area contributed by atoms with E-state index >= 15 is 0 Å². The minimum Gasteiger partial charge on any atom is -0.394 e. The first kappa shape index (κ1) is 9.92. The molecule has 0 radical (unpaired) electrons. The Balaban J connectivity index is 2.15. The van der Waals surface area contributed by atoms with E-state index in [-0.39, 0.29) is 18.4 Å². The maximum atomic E-state index is 8.97. The van der Waals surface area contributed by atoms with Crippen molar-refractivity contribution in [3.8, 4) is 0 Å². The molecule has 0 spiro atoms. The SMILES string of the molecule is COC(CNC1(CO)CC1)OC. The molecule has 12 heavy (non-hydrogen) atoms. The van der Waals surface area contributed by atoms with Gasteiger partial charge in [-0.25, -0.2) is 0 Å². The van der Waals surface area contributed by atoms with Gasteiger partial charge in [-0.05, 0) is 12.8 Å². The molecule has 0 aromatic rings. The quantitative estimate of drug-likeness (QED) is 0.545. The van der Waals surface area contributed by atoms with Gasteiger partial charge in [0.1, 0.15) is 0 Å². The zero-order valence-corrected chi connectivity index (χ0v) is 7.67. The molecular formula is C8H17NO3. The summed E-state index contributed by atoms with van der Waals surface area (Å²) >= 11 is 0. The Morgan fingerprint density at radius 1 is 1.42 bits per heavy atom. The third-order valence-electron chi connectivity index (χ3n) is 2.33. The Labute approximate surface area is 72.9 Å². The molecule has 4 heteroatoms. The van der Waals surface area contributed by atoms with Crippen LogP contribution in [0.25, 0.3) is 0 Å². The highest BCUT2D eigenvalue weighted by molar-refractivity contribution is 5.01. The first-order chi connectivity index (χ1) is 5.76. The standard InChI is InChI=1S/C8H17NO3/c1-11-7(12-2)5-9-8(6-10)3-4-8/h7,9-10H,3-6H2,1-2H3. The van der Waals surface area contributed by atoms with Crippen molar-refractivity contribution in [3.63, 3.8) is 0 Å². The Morgan fingerprint density at radius 2 is 2.00 bits per heavy atom. The fourth-order valence-electron chi connectivity index (χ4n) is 1.10. The first-order valence-corrected chi connectivity index (χ1v) is 4.18. The van der Waals surface area contributed by atoms with Crippen molar-refractivity contribution in [1.29, 1.82) is 0 Å². The van der Waals surface area contributed by atoms with Gasteiger partial charge in [0.2, 0.25) is 0 Å². The van der Waals surface area contributed by atoms with Gasteiger partial charge in [-0.1, -0.05) is 0 Å². The molecule has 0 atom stereocenters. The van der Waals surface area contributed by atoms with Gasteiger partial charge in [-0.15, -0.1) is 0 Å². The minimum atomic E-state index is -0.214. The lowest BCUT2D eigenvalue weighted by Crippen LogP contribution is -2.41. The fraction of sp³-hybridized carbons (Fsp3) is 1.00. The van der Waals surface area contributed by atoms with Crippen molar-refractivity contribution >= 4 is 0 Å². The van der Waals surface area contributed by atoms with Crippen LogP contribution in [0.1, 0.15) is 12.8 Å². The molecular weight excluding hydrogens is 158 g/mol. The van der Waals surface area contributed by atoms with Gasteiger partial charge in [-0.3, -0.25) is 0 Å². The molecule has 0 aliphatic heterocycles. The Hall–Kier alpha value is -0.160. The van der Waals surface area contributed by atoms with Gasteiger partial charge in [0.15, 0.2) is 6.29 Å². The topological polar surface area (TPSA) is 50.7 Å². The second kappa shape index (κ2) is 4.18. The Bertz CT molecular complexity index is 132. The van der Waals surface area contributed by atoms with Crippen LogP contribution in [0.3, 0.4) is 0 Å². The average Bonchev–Trinajstić information content (AvgIpc) is 2.87. The third-order valence-corrected chi connectivity index (χ3v) is 2.33. The smallest absolute Gasteiger partial charge is 0.169 e. The van der Waals surface area contributed by atoms with Gasteiger partial charge in [0, 0.05) is 26.3 Å². The highest BCUT2D eigenvalue weighted by atomic mass is 16.7. The summed E-state index contributed by atoms with van der Waals surface area (Å²) in [7, 11) is 3.21. The summed E-state index contributed by atoms with van der Waals surface area (Å²) in [6.45, 7) is 0.834. The van der Waals surface area contributed by atoms with Gasteiger partial charge < -0.3 is 19.9 Å². The van der Waals surface area contributed by atoms with Crippen LogP contribution >= 0.6 is 0 Å². The summed E-state index contributed by atoms with van der Waals surface area (Å²) in [5.41, 5.74) is -0.0324. The Kier molecular flexibility index (Phi) is 3.46. The van der Waals surface area contributed by atoms with Crippen molar-refractivity contribution in [3.05, 3.63) is 0 Å². The number of aliphatic hydroxyl groups excluding tert-OH is 1. The maximum Gasteiger partial charge on any atom is 0.169 e. The summed E-state index contributed by atoms with van der Waals surface area (Å²) in [5.74, 6) is 0. The molecule has 1 saturated carbocycles. The van der Waals surface area contributed by atoms with Gasteiger partial charge >= 0.3 is 0 Å². The van der Waals surface area contributed by atoms with Crippen LogP contribution in [-0.2, 0) is 9.47 Å².